The van der Waals surface area contributed by atoms with Crippen LogP contribution in [0, 0.1) is 0 Å². The zero-order valence-corrected chi connectivity index (χ0v) is 16.2. The van der Waals surface area contributed by atoms with Crippen LogP contribution in [0.4, 0.5) is 11.5 Å². The number of piperazine rings is 1. The Kier molecular flexibility index (Phi) is 5.28. The van der Waals surface area contributed by atoms with Gasteiger partial charge in [-0.15, -0.1) is 0 Å². The summed E-state index contributed by atoms with van der Waals surface area (Å²) in [6.07, 6.45) is 6.30. The highest BCUT2D eigenvalue weighted by molar-refractivity contribution is 7.89. The fraction of sp³-hybridized carbons (Fsp3) is 0.211. The van der Waals surface area contributed by atoms with Crippen molar-refractivity contribution in [2.45, 2.75) is 4.90 Å². The molecule has 4 rings (SSSR count). The quantitative estimate of drug-likeness (QED) is 0.680. The molecule has 1 amide bonds. The zero-order valence-electron chi connectivity index (χ0n) is 15.4. The number of anilines is 2. The Labute approximate surface area is 168 Å². The summed E-state index contributed by atoms with van der Waals surface area (Å²) in [6.45, 7) is 1.79. The molecule has 150 valence electrons. The third-order valence-electron chi connectivity index (χ3n) is 4.61. The lowest BCUT2D eigenvalue weighted by Crippen LogP contribution is -2.48. The summed E-state index contributed by atoms with van der Waals surface area (Å²) in [4.78, 5) is 22.5. The smallest absolute Gasteiger partial charge is 0.291 e. The SMILES string of the molecule is O=C(Nc1ccc(S(=O)(=O)N2CCN(c3cnccn3)CC2)cc1)c1ccco1. The molecule has 1 aromatic carbocycles. The van der Waals surface area contributed by atoms with Crippen LogP contribution in [-0.2, 0) is 10.0 Å². The fourth-order valence-corrected chi connectivity index (χ4v) is 4.49. The van der Waals surface area contributed by atoms with Gasteiger partial charge in [0.25, 0.3) is 5.91 Å². The highest BCUT2D eigenvalue weighted by Crippen LogP contribution is 2.21. The van der Waals surface area contributed by atoms with E-state index in [1.165, 1.54) is 22.7 Å². The number of nitrogens with zero attached hydrogens (tertiary/aromatic N) is 4. The van der Waals surface area contributed by atoms with Crippen molar-refractivity contribution in [1.29, 1.82) is 0 Å². The Morgan fingerprint density at radius 2 is 1.79 bits per heavy atom. The summed E-state index contributed by atoms with van der Waals surface area (Å²) in [6, 6.07) is 9.26. The van der Waals surface area contributed by atoms with Gasteiger partial charge in [-0.3, -0.25) is 9.78 Å². The molecule has 3 aromatic rings. The van der Waals surface area contributed by atoms with Gasteiger partial charge in [0, 0.05) is 44.3 Å². The molecule has 0 radical (unpaired) electrons. The van der Waals surface area contributed by atoms with Crippen LogP contribution >= 0.6 is 0 Å². The van der Waals surface area contributed by atoms with Crippen LogP contribution in [0.3, 0.4) is 0 Å². The van der Waals surface area contributed by atoms with Gasteiger partial charge < -0.3 is 14.6 Å². The van der Waals surface area contributed by atoms with E-state index < -0.39 is 15.9 Å². The normalized spacial score (nSPS) is 15.2. The third kappa shape index (κ3) is 4.13. The molecule has 29 heavy (non-hydrogen) atoms. The second kappa shape index (κ2) is 8.02. The predicted molar refractivity (Wildman–Crippen MR) is 106 cm³/mol. The predicted octanol–water partition coefficient (Wildman–Crippen LogP) is 1.83. The van der Waals surface area contributed by atoms with Crippen LogP contribution < -0.4 is 10.2 Å². The summed E-state index contributed by atoms with van der Waals surface area (Å²) < 4.78 is 32.3. The lowest BCUT2D eigenvalue weighted by Gasteiger charge is -2.34. The van der Waals surface area contributed by atoms with Gasteiger partial charge in [0.05, 0.1) is 17.4 Å². The number of carbonyl (C=O) groups excluding carboxylic acids is 1. The molecule has 1 saturated heterocycles. The Bertz CT molecular complexity index is 1060. The first-order chi connectivity index (χ1) is 14.0. The lowest BCUT2D eigenvalue weighted by molar-refractivity contribution is 0.0996. The Morgan fingerprint density at radius 3 is 2.41 bits per heavy atom. The molecule has 0 bridgehead atoms. The Hall–Kier alpha value is -3.24. The minimum atomic E-state index is -3.62. The standard InChI is InChI=1S/C19H19N5O4S/c25-19(17-2-1-13-28-17)22-15-3-5-16(6-4-15)29(26,27)24-11-9-23(10-12-24)18-14-20-7-8-21-18/h1-8,13-14H,9-12H2,(H,22,25). The molecule has 10 heteroatoms. The van der Waals surface area contributed by atoms with Crippen LogP contribution in [0.15, 0.2) is 70.6 Å². The molecule has 9 nitrogen and oxygen atoms in total. The maximum atomic E-state index is 12.9. The van der Waals surface area contributed by atoms with E-state index in [4.69, 9.17) is 4.42 Å². The Morgan fingerprint density at radius 1 is 1.03 bits per heavy atom. The van der Waals surface area contributed by atoms with E-state index in [0.29, 0.717) is 31.9 Å². The van der Waals surface area contributed by atoms with Crippen molar-refractivity contribution in [2.75, 3.05) is 36.4 Å². The average Bonchev–Trinajstić information content (AvgIpc) is 3.30. The number of hydrogen-bond donors (Lipinski definition) is 1. The van der Waals surface area contributed by atoms with E-state index in [1.807, 2.05) is 4.90 Å². The van der Waals surface area contributed by atoms with Crippen molar-refractivity contribution in [3.8, 4) is 0 Å². The second-order valence-electron chi connectivity index (χ2n) is 6.41. The first-order valence-electron chi connectivity index (χ1n) is 9.00. The lowest BCUT2D eigenvalue weighted by atomic mass is 10.3. The van der Waals surface area contributed by atoms with Gasteiger partial charge in [-0.05, 0) is 36.4 Å². The molecule has 2 aromatic heterocycles. The molecular weight excluding hydrogens is 394 g/mol. The first-order valence-corrected chi connectivity index (χ1v) is 10.4. The summed E-state index contributed by atoms with van der Waals surface area (Å²) in [5.41, 5.74) is 0.484. The molecule has 0 aliphatic carbocycles. The average molecular weight is 413 g/mol. The van der Waals surface area contributed by atoms with Gasteiger partial charge in [0.2, 0.25) is 10.0 Å². The number of carbonyl (C=O) groups is 1. The number of hydrogen-bond acceptors (Lipinski definition) is 7. The number of amides is 1. The van der Waals surface area contributed by atoms with Crippen LogP contribution in [0.5, 0.6) is 0 Å². The van der Waals surface area contributed by atoms with E-state index in [9.17, 15) is 13.2 Å². The maximum Gasteiger partial charge on any atom is 0.291 e. The number of rotatable bonds is 5. The monoisotopic (exact) mass is 413 g/mol. The molecule has 1 aliphatic heterocycles. The van der Waals surface area contributed by atoms with Crippen molar-refractivity contribution >= 4 is 27.4 Å². The van der Waals surface area contributed by atoms with Crippen LogP contribution in [0.1, 0.15) is 10.6 Å². The minimum absolute atomic E-state index is 0.182. The van der Waals surface area contributed by atoms with Gasteiger partial charge in [0.1, 0.15) is 5.82 Å². The molecule has 0 atom stereocenters. The number of nitrogens with one attached hydrogen (secondary N) is 1. The first kappa shape index (κ1) is 19.1. The van der Waals surface area contributed by atoms with E-state index in [1.54, 1.807) is 42.9 Å². The fourth-order valence-electron chi connectivity index (χ4n) is 3.07. The van der Waals surface area contributed by atoms with Crippen molar-refractivity contribution in [2.24, 2.45) is 0 Å². The molecule has 0 saturated carbocycles. The van der Waals surface area contributed by atoms with Gasteiger partial charge in [-0.2, -0.15) is 4.31 Å². The van der Waals surface area contributed by atoms with Gasteiger partial charge in [-0.25, -0.2) is 13.4 Å². The molecule has 3 heterocycles. The molecule has 1 fully saturated rings. The van der Waals surface area contributed by atoms with Gasteiger partial charge >= 0.3 is 0 Å². The molecule has 1 N–H and O–H groups in total. The van der Waals surface area contributed by atoms with E-state index in [-0.39, 0.29) is 10.7 Å². The van der Waals surface area contributed by atoms with E-state index in [0.717, 1.165) is 5.82 Å². The topological polar surface area (TPSA) is 109 Å². The number of sulfonamides is 1. The van der Waals surface area contributed by atoms with Crippen LogP contribution in [0.25, 0.3) is 0 Å². The minimum Gasteiger partial charge on any atom is -0.459 e. The van der Waals surface area contributed by atoms with Gasteiger partial charge in [-0.1, -0.05) is 0 Å². The molecule has 0 spiro atoms. The molecule has 0 unspecified atom stereocenters. The summed E-state index contributed by atoms with van der Waals surface area (Å²) in [7, 11) is -3.62. The Balaban J connectivity index is 1.41. The molecule has 1 aliphatic rings. The molecular formula is C19H19N5O4S. The number of furan rings is 1. The van der Waals surface area contributed by atoms with Crippen LogP contribution in [0.2, 0.25) is 0 Å². The highest BCUT2D eigenvalue weighted by Gasteiger charge is 2.29. The summed E-state index contributed by atoms with van der Waals surface area (Å²) in [5, 5.41) is 2.67. The highest BCUT2D eigenvalue weighted by atomic mass is 32.2. The number of aromatic nitrogens is 2. The zero-order chi connectivity index (χ0) is 20.3. The van der Waals surface area contributed by atoms with Crippen molar-refractivity contribution < 1.29 is 17.6 Å². The van der Waals surface area contributed by atoms with Crippen molar-refractivity contribution in [3.05, 3.63) is 67.0 Å². The maximum absolute atomic E-state index is 12.9. The number of benzene rings is 1. The van der Waals surface area contributed by atoms with Gasteiger partial charge in [0.15, 0.2) is 5.76 Å². The third-order valence-corrected chi connectivity index (χ3v) is 6.52. The van der Waals surface area contributed by atoms with Crippen molar-refractivity contribution in [1.82, 2.24) is 14.3 Å². The van der Waals surface area contributed by atoms with E-state index in [2.05, 4.69) is 15.3 Å². The summed E-state index contributed by atoms with van der Waals surface area (Å²) in [5.74, 6) is 0.523. The van der Waals surface area contributed by atoms with E-state index >= 15 is 0 Å². The summed E-state index contributed by atoms with van der Waals surface area (Å²) >= 11 is 0. The second-order valence-corrected chi connectivity index (χ2v) is 8.35. The van der Waals surface area contributed by atoms with Crippen LogP contribution in [-0.4, -0.2) is 54.8 Å². The van der Waals surface area contributed by atoms with Crippen molar-refractivity contribution in [3.63, 3.8) is 0 Å². The largest absolute Gasteiger partial charge is 0.459 e.